The van der Waals surface area contributed by atoms with Crippen LogP contribution in [-0.2, 0) is 5.41 Å². The van der Waals surface area contributed by atoms with Crippen LogP contribution in [0.2, 0.25) is 0 Å². The third-order valence-electron chi connectivity index (χ3n) is 3.72. The molecule has 1 rings (SSSR count). The lowest BCUT2D eigenvalue weighted by molar-refractivity contribution is 0.245. The molecule has 116 valence electrons. The summed E-state index contributed by atoms with van der Waals surface area (Å²) in [6.07, 6.45) is 3.93. The van der Waals surface area contributed by atoms with Gasteiger partial charge < -0.3 is 5.32 Å². The normalized spacial score (nSPS) is 14.1. The molecule has 2 nitrogen and oxygen atoms in total. The van der Waals surface area contributed by atoms with Crippen molar-refractivity contribution in [3.63, 3.8) is 0 Å². The van der Waals surface area contributed by atoms with E-state index in [1.165, 1.54) is 5.56 Å². The molecule has 0 aliphatic heterocycles. The highest BCUT2D eigenvalue weighted by molar-refractivity contribution is 5.26. The number of hydrogen-bond acceptors (Lipinski definition) is 2. The molecule has 0 radical (unpaired) electrons. The van der Waals surface area contributed by atoms with Gasteiger partial charge in [0.05, 0.1) is 0 Å². The topological polar surface area (TPSA) is 15.3 Å². The molecule has 0 heterocycles. The van der Waals surface area contributed by atoms with Crippen molar-refractivity contribution >= 4 is 0 Å². The molecule has 1 aromatic rings. The Balaban J connectivity index is 2.94. The van der Waals surface area contributed by atoms with E-state index in [1.807, 2.05) is 12.2 Å². The summed E-state index contributed by atoms with van der Waals surface area (Å²) in [5, 5.41) is 3.60. The maximum absolute atomic E-state index is 3.87. The number of nitrogens with zero attached hydrogens (tertiary/aromatic N) is 1. The standard InChI is InChI=1S/C19H30N2/c1-6-13-21(14-7-2)16-19(5,15-20-17(3)4)18-11-9-8-10-12-18/h6-12,17,20H,1-2,13-16H2,3-5H3. The average Bonchev–Trinajstić information content (AvgIpc) is 2.47. The highest BCUT2D eigenvalue weighted by atomic mass is 15.1. The van der Waals surface area contributed by atoms with Crippen LogP contribution < -0.4 is 5.32 Å². The van der Waals surface area contributed by atoms with Gasteiger partial charge in [-0.25, -0.2) is 0 Å². The van der Waals surface area contributed by atoms with Crippen molar-refractivity contribution in [2.75, 3.05) is 26.2 Å². The molecule has 0 amide bonds. The average molecular weight is 286 g/mol. The van der Waals surface area contributed by atoms with Crippen molar-refractivity contribution in [1.29, 1.82) is 0 Å². The summed E-state index contributed by atoms with van der Waals surface area (Å²) in [6, 6.07) is 11.2. The molecule has 0 spiro atoms. The van der Waals surface area contributed by atoms with Crippen LogP contribution in [0.1, 0.15) is 26.3 Å². The van der Waals surface area contributed by atoms with Gasteiger partial charge in [0.2, 0.25) is 0 Å². The molecule has 1 unspecified atom stereocenters. The maximum atomic E-state index is 3.87. The van der Waals surface area contributed by atoms with E-state index in [4.69, 9.17) is 0 Å². The molecule has 0 aliphatic rings. The zero-order valence-corrected chi connectivity index (χ0v) is 13.8. The Kier molecular flexibility index (Phi) is 7.41. The first-order chi connectivity index (χ1) is 10.0. The van der Waals surface area contributed by atoms with Crippen LogP contribution in [-0.4, -0.2) is 37.1 Å². The van der Waals surface area contributed by atoms with Crippen molar-refractivity contribution in [2.45, 2.75) is 32.2 Å². The van der Waals surface area contributed by atoms with Gasteiger partial charge in [0.1, 0.15) is 0 Å². The molecule has 2 heteroatoms. The van der Waals surface area contributed by atoms with E-state index in [2.05, 4.69) is 74.5 Å². The van der Waals surface area contributed by atoms with E-state index in [0.717, 1.165) is 26.2 Å². The van der Waals surface area contributed by atoms with Gasteiger partial charge in [0, 0.05) is 37.6 Å². The van der Waals surface area contributed by atoms with E-state index in [1.54, 1.807) is 0 Å². The highest BCUT2D eigenvalue weighted by Crippen LogP contribution is 2.24. The van der Waals surface area contributed by atoms with Gasteiger partial charge in [0.25, 0.3) is 0 Å². The number of nitrogens with one attached hydrogen (secondary N) is 1. The smallest absolute Gasteiger partial charge is 0.0177 e. The Hall–Kier alpha value is -1.38. The van der Waals surface area contributed by atoms with Crippen LogP contribution in [0.4, 0.5) is 0 Å². The minimum Gasteiger partial charge on any atom is -0.314 e. The molecule has 0 fully saturated rings. The molecule has 0 bridgehead atoms. The summed E-state index contributed by atoms with van der Waals surface area (Å²) >= 11 is 0. The SMILES string of the molecule is C=CCN(CC=C)CC(C)(CNC(C)C)c1ccccc1. The fraction of sp³-hybridized carbons (Fsp3) is 0.474. The van der Waals surface area contributed by atoms with E-state index >= 15 is 0 Å². The molecule has 1 atom stereocenters. The predicted molar refractivity (Wildman–Crippen MR) is 93.8 cm³/mol. The predicted octanol–water partition coefficient (Wildman–Crippen LogP) is 3.62. The van der Waals surface area contributed by atoms with Gasteiger partial charge in [0.15, 0.2) is 0 Å². The van der Waals surface area contributed by atoms with Crippen LogP contribution in [0.15, 0.2) is 55.6 Å². The maximum Gasteiger partial charge on any atom is 0.0177 e. The molecular weight excluding hydrogens is 256 g/mol. The van der Waals surface area contributed by atoms with Crippen molar-refractivity contribution in [1.82, 2.24) is 10.2 Å². The Labute approximate surface area is 130 Å². The minimum atomic E-state index is 0.0670. The van der Waals surface area contributed by atoms with E-state index < -0.39 is 0 Å². The van der Waals surface area contributed by atoms with Crippen LogP contribution in [0.25, 0.3) is 0 Å². The Morgan fingerprint density at radius 3 is 2.19 bits per heavy atom. The first-order valence-corrected chi connectivity index (χ1v) is 7.75. The van der Waals surface area contributed by atoms with Crippen LogP contribution in [0.5, 0.6) is 0 Å². The lowest BCUT2D eigenvalue weighted by Gasteiger charge is -2.36. The molecule has 21 heavy (non-hydrogen) atoms. The number of rotatable bonds is 10. The quantitative estimate of drug-likeness (QED) is 0.661. The molecule has 1 N–H and O–H groups in total. The van der Waals surface area contributed by atoms with Crippen LogP contribution >= 0.6 is 0 Å². The second-order valence-electron chi connectivity index (χ2n) is 6.23. The Morgan fingerprint density at radius 1 is 1.14 bits per heavy atom. The van der Waals surface area contributed by atoms with E-state index in [0.29, 0.717) is 6.04 Å². The number of hydrogen-bond donors (Lipinski definition) is 1. The summed E-state index contributed by atoms with van der Waals surface area (Å²) in [7, 11) is 0. The lowest BCUT2D eigenvalue weighted by atomic mass is 9.81. The highest BCUT2D eigenvalue weighted by Gasteiger charge is 2.28. The summed E-state index contributed by atoms with van der Waals surface area (Å²) in [5.41, 5.74) is 1.44. The van der Waals surface area contributed by atoms with Crippen molar-refractivity contribution in [2.24, 2.45) is 0 Å². The lowest BCUT2D eigenvalue weighted by Crippen LogP contribution is -2.47. The Bertz CT molecular complexity index is 414. The van der Waals surface area contributed by atoms with Crippen molar-refractivity contribution in [3.8, 4) is 0 Å². The van der Waals surface area contributed by atoms with E-state index in [-0.39, 0.29) is 5.41 Å². The van der Waals surface area contributed by atoms with Gasteiger partial charge in [-0.1, -0.05) is 63.3 Å². The fourth-order valence-electron chi connectivity index (χ4n) is 2.58. The fourth-order valence-corrected chi connectivity index (χ4v) is 2.58. The summed E-state index contributed by atoms with van der Waals surface area (Å²) in [6.45, 7) is 18.2. The van der Waals surface area contributed by atoms with Gasteiger partial charge >= 0.3 is 0 Å². The van der Waals surface area contributed by atoms with Gasteiger partial charge in [-0.15, -0.1) is 13.2 Å². The minimum absolute atomic E-state index is 0.0670. The van der Waals surface area contributed by atoms with E-state index in [9.17, 15) is 0 Å². The van der Waals surface area contributed by atoms with Gasteiger partial charge in [-0.05, 0) is 5.56 Å². The zero-order chi connectivity index (χ0) is 15.7. The summed E-state index contributed by atoms with van der Waals surface area (Å²) < 4.78 is 0. The summed E-state index contributed by atoms with van der Waals surface area (Å²) in [5.74, 6) is 0. The molecule has 0 saturated heterocycles. The largest absolute Gasteiger partial charge is 0.314 e. The Morgan fingerprint density at radius 2 is 1.71 bits per heavy atom. The van der Waals surface area contributed by atoms with Crippen LogP contribution in [0.3, 0.4) is 0 Å². The monoisotopic (exact) mass is 286 g/mol. The molecule has 0 saturated carbocycles. The molecule has 1 aromatic carbocycles. The van der Waals surface area contributed by atoms with Gasteiger partial charge in [-0.3, -0.25) is 4.90 Å². The van der Waals surface area contributed by atoms with Crippen molar-refractivity contribution < 1.29 is 0 Å². The number of benzene rings is 1. The second-order valence-corrected chi connectivity index (χ2v) is 6.23. The summed E-state index contributed by atoms with van der Waals surface area (Å²) in [4.78, 5) is 2.38. The van der Waals surface area contributed by atoms with Crippen LogP contribution in [0, 0.1) is 0 Å². The zero-order valence-electron chi connectivity index (χ0n) is 13.8. The second kappa shape index (κ2) is 8.81. The molecular formula is C19H30N2. The third kappa shape index (κ3) is 5.86. The molecule has 0 aromatic heterocycles. The first-order valence-electron chi connectivity index (χ1n) is 7.75. The van der Waals surface area contributed by atoms with Crippen molar-refractivity contribution in [3.05, 3.63) is 61.2 Å². The third-order valence-corrected chi connectivity index (χ3v) is 3.72. The molecule has 0 aliphatic carbocycles. The van der Waals surface area contributed by atoms with Gasteiger partial charge in [-0.2, -0.15) is 0 Å². The first kappa shape index (κ1) is 17.7.